The molecule has 0 amide bonds. The first kappa shape index (κ1) is 10.9. The maximum atomic E-state index is 3.45. The average Bonchev–Trinajstić information content (AvgIpc) is 2.80. The lowest BCUT2D eigenvalue weighted by Crippen LogP contribution is -2.30. The largest absolute Gasteiger partial charge is 0.313 e. The van der Waals surface area contributed by atoms with Crippen LogP contribution in [0.5, 0.6) is 0 Å². The van der Waals surface area contributed by atoms with Gasteiger partial charge >= 0.3 is 0 Å². The van der Waals surface area contributed by atoms with Gasteiger partial charge in [0, 0.05) is 17.3 Å². The summed E-state index contributed by atoms with van der Waals surface area (Å²) >= 11 is 1.86. The van der Waals surface area contributed by atoms with E-state index in [1.54, 1.807) is 5.57 Å². The molecule has 1 unspecified atom stereocenters. The van der Waals surface area contributed by atoms with Gasteiger partial charge in [0.25, 0.3) is 0 Å². The Morgan fingerprint density at radius 2 is 2.40 bits per heavy atom. The Kier molecular flexibility index (Phi) is 3.98. The second kappa shape index (κ2) is 5.47. The van der Waals surface area contributed by atoms with Gasteiger partial charge in [-0.05, 0) is 44.2 Å². The molecule has 1 aromatic rings. The van der Waals surface area contributed by atoms with Crippen molar-refractivity contribution in [3.63, 3.8) is 0 Å². The zero-order valence-electron chi connectivity index (χ0n) is 9.33. The number of rotatable bonds is 4. The topological polar surface area (TPSA) is 12.0 Å². The summed E-state index contributed by atoms with van der Waals surface area (Å²) in [6.07, 6.45) is 8.90. The zero-order valence-corrected chi connectivity index (χ0v) is 10.1. The average molecular weight is 221 g/mol. The van der Waals surface area contributed by atoms with Gasteiger partial charge in [-0.3, -0.25) is 0 Å². The molecule has 1 aromatic heterocycles. The molecule has 15 heavy (non-hydrogen) atoms. The standard InChI is InChI=1S/C13H19NS/c1-14-13(10-12-8-5-9-15-12)11-6-3-2-4-7-11/h5-6,8-9,13-14H,2-4,7,10H2,1H3. The van der Waals surface area contributed by atoms with Crippen LogP contribution in [0.15, 0.2) is 29.2 Å². The summed E-state index contributed by atoms with van der Waals surface area (Å²) in [5, 5.41) is 5.61. The second-order valence-electron chi connectivity index (χ2n) is 4.15. The SMILES string of the molecule is CNC(Cc1cccs1)C1=CCCCC1. The Labute approximate surface area is 96.2 Å². The Hall–Kier alpha value is -0.600. The van der Waals surface area contributed by atoms with Gasteiger partial charge in [0.15, 0.2) is 0 Å². The first-order valence-corrected chi connectivity index (χ1v) is 6.66. The van der Waals surface area contributed by atoms with Gasteiger partial charge in [0.2, 0.25) is 0 Å². The number of allylic oxidation sites excluding steroid dienone is 1. The van der Waals surface area contributed by atoms with Gasteiger partial charge in [-0.25, -0.2) is 0 Å². The highest BCUT2D eigenvalue weighted by atomic mass is 32.1. The Morgan fingerprint density at radius 3 is 3.00 bits per heavy atom. The molecule has 0 fully saturated rings. The molecule has 0 spiro atoms. The van der Waals surface area contributed by atoms with Crippen LogP contribution in [0.4, 0.5) is 0 Å². The predicted molar refractivity (Wildman–Crippen MR) is 67.4 cm³/mol. The van der Waals surface area contributed by atoms with Crippen molar-refractivity contribution in [2.24, 2.45) is 0 Å². The van der Waals surface area contributed by atoms with Gasteiger partial charge in [-0.1, -0.05) is 17.7 Å². The van der Waals surface area contributed by atoms with E-state index in [1.807, 2.05) is 11.3 Å². The highest BCUT2D eigenvalue weighted by Crippen LogP contribution is 2.23. The third-order valence-electron chi connectivity index (χ3n) is 3.11. The number of likely N-dealkylation sites (N-methyl/N-ethyl adjacent to an activating group) is 1. The first-order valence-electron chi connectivity index (χ1n) is 5.78. The fourth-order valence-corrected chi connectivity index (χ4v) is 2.98. The van der Waals surface area contributed by atoms with Crippen molar-refractivity contribution < 1.29 is 0 Å². The van der Waals surface area contributed by atoms with Crippen LogP contribution in [0.3, 0.4) is 0 Å². The molecule has 1 atom stereocenters. The molecular formula is C13H19NS. The van der Waals surface area contributed by atoms with E-state index in [0.717, 1.165) is 6.42 Å². The Morgan fingerprint density at radius 1 is 1.47 bits per heavy atom. The van der Waals surface area contributed by atoms with E-state index >= 15 is 0 Å². The minimum atomic E-state index is 0.559. The van der Waals surface area contributed by atoms with E-state index in [2.05, 4.69) is 36.0 Å². The molecule has 0 aromatic carbocycles. The predicted octanol–water partition coefficient (Wildman–Crippen LogP) is 3.38. The molecule has 1 aliphatic carbocycles. The smallest absolute Gasteiger partial charge is 0.0325 e. The lowest BCUT2D eigenvalue weighted by atomic mass is 9.92. The second-order valence-corrected chi connectivity index (χ2v) is 5.18. The molecule has 82 valence electrons. The van der Waals surface area contributed by atoms with Crippen LogP contribution < -0.4 is 5.32 Å². The molecule has 0 saturated carbocycles. The van der Waals surface area contributed by atoms with Crippen LogP contribution in [0.25, 0.3) is 0 Å². The lowest BCUT2D eigenvalue weighted by molar-refractivity contribution is 0.572. The highest BCUT2D eigenvalue weighted by molar-refractivity contribution is 7.09. The van der Waals surface area contributed by atoms with Crippen molar-refractivity contribution in [3.05, 3.63) is 34.0 Å². The number of hydrogen-bond acceptors (Lipinski definition) is 2. The summed E-state index contributed by atoms with van der Waals surface area (Å²) in [6.45, 7) is 0. The van der Waals surface area contributed by atoms with E-state index < -0.39 is 0 Å². The fraction of sp³-hybridized carbons (Fsp3) is 0.538. The van der Waals surface area contributed by atoms with E-state index in [4.69, 9.17) is 0 Å². The highest BCUT2D eigenvalue weighted by Gasteiger charge is 2.15. The summed E-state index contributed by atoms with van der Waals surface area (Å²) in [6, 6.07) is 4.93. The molecule has 1 nitrogen and oxygen atoms in total. The summed E-state index contributed by atoms with van der Waals surface area (Å²) in [7, 11) is 2.08. The molecule has 1 N–H and O–H groups in total. The van der Waals surface area contributed by atoms with Crippen molar-refractivity contribution in [2.45, 2.75) is 38.1 Å². The molecule has 1 aliphatic rings. The quantitative estimate of drug-likeness (QED) is 0.769. The van der Waals surface area contributed by atoms with Gasteiger partial charge in [-0.15, -0.1) is 11.3 Å². The molecule has 2 heteroatoms. The number of hydrogen-bond donors (Lipinski definition) is 1. The van der Waals surface area contributed by atoms with Crippen LogP contribution >= 0.6 is 11.3 Å². The molecule has 0 saturated heterocycles. The maximum absolute atomic E-state index is 3.45. The number of nitrogens with one attached hydrogen (secondary N) is 1. The maximum Gasteiger partial charge on any atom is 0.0325 e. The van der Waals surface area contributed by atoms with E-state index in [9.17, 15) is 0 Å². The minimum absolute atomic E-state index is 0.559. The summed E-state index contributed by atoms with van der Waals surface area (Å²) < 4.78 is 0. The number of thiophene rings is 1. The van der Waals surface area contributed by atoms with Crippen LogP contribution in [0.2, 0.25) is 0 Å². The van der Waals surface area contributed by atoms with Gasteiger partial charge < -0.3 is 5.32 Å². The van der Waals surface area contributed by atoms with Crippen LogP contribution in [-0.2, 0) is 6.42 Å². The van der Waals surface area contributed by atoms with Crippen LogP contribution in [0, 0.1) is 0 Å². The fourth-order valence-electron chi connectivity index (χ4n) is 2.23. The molecule has 0 aliphatic heterocycles. The lowest BCUT2D eigenvalue weighted by Gasteiger charge is -2.22. The van der Waals surface area contributed by atoms with E-state index in [-0.39, 0.29) is 0 Å². The molecule has 0 radical (unpaired) electrons. The molecule has 1 heterocycles. The molecule has 2 rings (SSSR count). The van der Waals surface area contributed by atoms with Crippen molar-refractivity contribution >= 4 is 11.3 Å². The van der Waals surface area contributed by atoms with Crippen molar-refractivity contribution in [1.82, 2.24) is 5.32 Å². The first-order chi connectivity index (χ1) is 7.40. The van der Waals surface area contributed by atoms with E-state index in [0.29, 0.717) is 6.04 Å². The molecular weight excluding hydrogens is 202 g/mol. The van der Waals surface area contributed by atoms with Crippen LogP contribution in [-0.4, -0.2) is 13.1 Å². The third-order valence-corrected chi connectivity index (χ3v) is 4.01. The Balaban J connectivity index is 2.00. The van der Waals surface area contributed by atoms with E-state index in [1.165, 1.54) is 30.6 Å². The van der Waals surface area contributed by atoms with Crippen molar-refractivity contribution in [3.8, 4) is 0 Å². The third kappa shape index (κ3) is 2.93. The zero-order chi connectivity index (χ0) is 10.5. The summed E-state index contributed by atoms with van der Waals surface area (Å²) in [5.74, 6) is 0. The summed E-state index contributed by atoms with van der Waals surface area (Å²) in [5.41, 5.74) is 1.62. The minimum Gasteiger partial charge on any atom is -0.313 e. The van der Waals surface area contributed by atoms with Crippen LogP contribution in [0.1, 0.15) is 30.6 Å². The van der Waals surface area contributed by atoms with Gasteiger partial charge in [0.05, 0.1) is 0 Å². The van der Waals surface area contributed by atoms with Crippen molar-refractivity contribution in [2.75, 3.05) is 7.05 Å². The normalized spacial score (nSPS) is 18.6. The monoisotopic (exact) mass is 221 g/mol. The Bertz CT molecular complexity index is 313. The van der Waals surface area contributed by atoms with Crippen molar-refractivity contribution in [1.29, 1.82) is 0 Å². The summed E-state index contributed by atoms with van der Waals surface area (Å²) in [4.78, 5) is 1.49. The molecule has 0 bridgehead atoms. The van der Waals surface area contributed by atoms with Gasteiger partial charge in [-0.2, -0.15) is 0 Å². The van der Waals surface area contributed by atoms with Gasteiger partial charge in [0.1, 0.15) is 0 Å².